The largest absolute Gasteiger partial charge is 0.481 e. The van der Waals surface area contributed by atoms with Crippen LogP contribution in [0.2, 0.25) is 0 Å². The van der Waals surface area contributed by atoms with E-state index in [1.165, 1.54) is 32.6 Å². The fourth-order valence-electron chi connectivity index (χ4n) is 3.84. The number of rotatable bonds is 6. The van der Waals surface area contributed by atoms with Crippen molar-refractivity contribution in [3.8, 4) is 0 Å². The van der Waals surface area contributed by atoms with Gasteiger partial charge in [-0.05, 0) is 50.9 Å². The Labute approximate surface area is 108 Å². The van der Waals surface area contributed by atoms with E-state index in [2.05, 4.69) is 12.2 Å². The highest BCUT2D eigenvalue weighted by molar-refractivity contribution is 5.85. The molecule has 0 aromatic carbocycles. The Bertz CT molecular complexity index is 342. The molecule has 5 atom stereocenters. The highest BCUT2D eigenvalue weighted by Crippen LogP contribution is 2.49. The molecule has 0 radical (unpaired) electrons. The first kappa shape index (κ1) is 13.5. The van der Waals surface area contributed by atoms with E-state index in [0.717, 1.165) is 11.8 Å². The zero-order valence-corrected chi connectivity index (χ0v) is 11.2. The van der Waals surface area contributed by atoms with Crippen molar-refractivity contribution < 1.29 is 14.7 Å². The van der Waals surface area contributed by atoms with E-state index in [4.69, 9.17) is 5.11 Å². The molecular formula is C14H23NO3. The van der Waals surface area contributed by atoms with E-state index >= 15 is 0 Å². The van der Waals surface area contributed by atoms with Crippen LogP contribution in [0.3, 0.4) is 0 Å². The van der Waals surface area contributed by atoms with E-state index in [1.54, 1.807) is 0 Å². The molecule has 2 aliphatic rings. The number of hydrogen-bond acceptors (Lipinski definition) is 3. The molecule has 5 unspecified atom stereocenters. The van der Waals surface area contributed by atoms with Gasteiger partial charge in [-0.25, -0.2) is 0 Å². The third kappa shape index (κ3) is 2.91. The van der Waals surface area contributed by atoms with Crippen LogP contribution >= 0.6 is 0 Å². The fraction of sp³-hybridized carbons (Fsp3) is 0.857. The lowest BCUT2D eigenvalue weighted by molar-refractivity contribution is -0.139. The van der Waals surface area contributed by atoms with Gasteiger partial charge in [0, 0.05) is 6.04 Å². The van der Waals surface area contributed by atoms with Crippen LogP contribution in [0.15, 0.2) is 0 Å². The average molecular weight is 253 g/mol. The van der Waals surface area contributed by atoms with Gasteiger partial charge in [0.05, 0.1) is 12.5 Å². The van der Waals surface area contributed by atoms with Gasteiger partial charge in [-0.2, -0.15) is 0 Å². The maximum absolute atomic E-state index is 11.5. The first-order valence-electron chi connectivity index (χ1n) is 6.95. The molecule has 0 aliphatic heterocycles. The van der Waals surface area contributed by atoms with E-state index in [-0.39, 0.29) is 18.2 Å². The molecule has 4 nitrogen and oxygen atoms in total. The molecular weight excluding hydrogens is 230 g/mol. The Hall–Kier alpha value is -0.900. The standard InChI is InChI=1S/C14H23NO3/c1-8(12-6-10-3-4-11(12)5-10)15-13(9(2)16)7-14(17)18/h8,10-13,15H,3-7H2,1-2H3,(H,17,18). The van der Waals surface area contributed by atoms with E-state index in [9.17, 15) is 9.59 Å². The Balaban J connectivity index is 1.90. The first-order chi connectivity index (χ1) is 8.47. The summed E-state index contributed by atoms with van der Waals surface area (Å²) in [5.74, 6) is 1.30. The smallest absolute Gasteiger partial charge is 0.305 e. The summed E-state index contributed by atoms with van der Waals surface area (Å²) >= 11 is 0. The molecule has 102 valence electrons. The summed E-state index contributed by atoms with van der Waals surface area (Å²) in [6.45, 7) is 3.57. The summed E-state index contributed by atoms with van der Waals surface area (Å²) in [5, 5.41) is 12.1. The topological polar surface area (TPSA) is 66.4 Å². The molecule has 2 bridgehead atoms. The lowest BCUT2D eigenvalue weighted by Gasteiger charge is -2.31. The van der Waals surface area contributed by atoms with Gasteiger partial charge >= 0.3 is 5.97 Å². The number of carbonyl (C=O) groups excluding carboxylic acids is 1. The van der Waals surface area contributed by atoms with Crippen LogP contribution in [-0.2, 0) is 9.59 Å². The van der Waals surface area contributed by atoms with Gasteiger partial charge in [0.25, 0.3) is 0 Å². The molecule has 2 saturated carbocycles. The van der Waals surface area contributed by atoms with Crippen LogP contribution in [0, 0.1) is 17.8 Å². The molecule has 0 amide bonds. The number of hydrogen-bond donors (Lipinski definition) is 2. The zero-order chi connectivity index (χ0) is 13.3. The van der Waals surface area contributed by atoms with Crippen LogP contribution < -0.4 is 5.32 Å². The van der Waals surface area contributed by atoms with Crippen LogP contribution in [0.5, 0.6) is 0 Å². The number of carboxylic acid groups (broad SMARTS) is 1. The van der Waals surface area contributed by atoms with Crippen LogP contribution in [0.1, 0.15) is 46.0 Å². The van der Waals surface area contributed by atoms with Gasteiger partial charge < -0.3 is 10.4 Å². The second kappa shape index (κ2) is 5.39. The number of aliphatic carboxylic acids is 1. The third-order valence-electron chi connectivity index (χ3n) is 4.77. The van der Waals surface area contributed by atoms with Gasteiger partial charge in [-0.1, -0.05) is 6.42 Å². The third-order valence-corrected chi connectivity index (χ3v) is 4.77. The van der Waals surface area contributed by atoms with Crippen molar-refractivity contribution in [2.45, 2.75) is 58.0 Å². The number of carboxylic acids is 1. The highest BCUT2D eigenvalue weighted by atomic mass is 16.4. The van der Waals surface area contributed by atoms with Crippen molar-refractivity contribution in [1.29, 1.82) is 0 Å². The molecule has 0 aromatic heterocycles. The second-order valence-corrected chi connectivity index (χ2v) is 6.06. The lowest BCUT2D eigenvalue weighted by Crippen LogP contribution is -2.46. The van der Waals surface area contributed by atoms with Crippen LogP contribution in [0.4, 0.5) is 0 Å². The Morgan fingerprint density at radius 2 is 2.06 bits per heavy atom. The number of nitrogens with one attached hydrogen (secondary N) is 1. The SMILES string of the molecule is CC(=O)C(CC(=O)O)NC(C)C1CC2CCC1C2. The predicted octanol–water partition coefficient (Wildman–Crippen LogP) is 1.83. The average Bonchev–Trinajstić information content (AvgIpc) is 2.88. The molecule has 0 saturated heterocycles. The monoisotopic (exact) mass is 253 g/mol. The van der Waals surface area contributed by atoms with Gasteiger partial charge in [-0.3, -0.25) is 9.59 Å². The molecule has 2 fully saturated rings. The molecule has 4 heteroatoms. The van der Waals surface area contributed by atoms with E-state index in [1.807, 2.05) is 0 Å². The number of carbonyl (C=O) groups is 2. The predicted molar refractivity (Wildman–Crippen MR) is 68.3 cm³/mol. The summed E-state index contributed by atoms with van der Waals surface area (Å²) in [6, 6.07) is -0.287. The summed E-state index contributed by atoms with van der Waals surface area (Å²) in [7, 11) is 0. The van der Waals surface area contributed by atoms with Gasteiger partial charge in [0.2, 0.25) is 0 Å². The molecule has 0 heterocycles. The summed E-state index contributed by atoms with van der Waals surface area (Å²) in [5.41, 5.74) is 0. The molecule has 2 N–H and O–H groups in total. The van der Waals surface area contributed by atoms with Crippen LogP contribution in [0.25, 0.3) is 0 Å². The molecule has 0 aromatic rings. The minimum absolute atomic E-state index is 0.0765. The quantitative estimate of drug-likeness (QED) is 0.758. The normalized spacial score (nSPS) is 33.3. The minimum atomic E-state index is -0.914. The van der Waals surface area contributed by atoms with Crippen molar-refractivity contribution in [2.75, 3.05) is 0 Å². The Morgan fingerprint density at radius 1 is 1.33 bits per heavy atom. The molecule has 0 spiro atoms. The number of fused-ring (bicyclic) bond motifs is 2. The highest BCUT2D eigenvalue weighted by Gasteiger charge is 2.42. The summed E-state index contributed by atoms with van der Waals surface area (Å²) < 4.78 is 0. The van der Waals surface area contributed by atoms with Crippen molar-refractivity contribution in [3.63, 3.8) is 0 Å². The Kier molecular flexibility index (Phi) is 4.05. The lowest BCUT2D eigenvalue weighted by atomic mass is 9.83. The summed E-state index contributed by atoms with van der Waals surface area (Å²) in [6.07, 6.45) is 5.14. The minimum Gasteiger partial charge on any atom is -0.481 e. The number of ketones is 1. The van der Waals surface area contributed by atoms with Gasteiger partial charge in [0.15, 0.2) is 0 Å². The molecule has 18 heavy (non-hydrogen) atoms. The van der Waals surface area contributed by atoms with Crippen LogP contribution in [-0.4, -0.2) is 28.9 Å². The maximum Gasteiger partial charge on any atom is 0.305 e. The summed E-state index contributed by atoms with van der Waals surface area (Å²) in [4.78, 5) is 22.2. The fourth-order valence-corrected chi connectivity index (χ4v) is 3.84. The second-order valence-electron chi connectivity index (χ2n) is 6.06. The van der Waals surface area contributed by atoms with Crippen molar-refractivity contribution in [1.82, 2.24) is 5.32 Å². The van der Waals surface area contributed by atoms with Crippen molar-refractivity contribution >= 4 is 11.8 Å². The van der Waals surface area contributed by atoms with Crippen molar-refractivity contribution in [2.24, 2.45) is 17.8 Å². The Morgan fingerprint density at radius 3 is 2.50 bits per heavy atom. The van der Waals surface area contributed by atoms with Gasteiger partial charge in [0.1, 0.15) is 5.78 Å². The van der Waals surface area contributed by atoms with E-state index in [0.29, 0.717) is 5.92 Å². The maximum atomic E-state index is 11.5. The zero-order valence-electron chi connectivity index (χ0n) is 11.2. The number of Topliss-reactive ketones (excluding diaryl/α,β-unsaturated/α-hetero) is 1. The molecule has 2 aliphatic carbocycles. The first-order valence-corrected chi connectivity index (χ1v) is 6.95. The van der Waals surface area contributed by atoms with Crippen molar-refractivity contribution in [3.05, 3.63) is 0 Å². The molecule has 2 rings (SSSR count). The van der Waals surface area contributed by atoms with Gasteiger partial charge in [-0.15, -0.1) is 0 Å². The van der Waals surface area contributed by atoms with E-state index < -0.39 is 12.0 Å².